The van der Waals surface area contributed by atoms with Gasteiger partial charge in [-0.05, 0) is 42.9 Å². The Morgan fingerprint density at radius 1 is 1.13 bits per heavy atom. The standard InChI is InChI=1S/C21H21F2N3O5/c1-26(10-12-4-7-16(31-21(22)23)17(8-12)29-2)11-18-24-15-9-13(20(28)30-3)5-6-14(15)19(27)25-18/h4-9,21H,10-11H2,1-3H3,(H,24,25,27). The second kappa shape index (κ2) is 9.52. The lowest BCUT2D eigenvalue weighted by Gasteiger charge is -2.18. The van der Waals surface area contributed by atoms with E-state index in [4.69, 9.17) is 9.47 Å². The molecule has 0 atom stereocenters. The molecule has 3 aromatic rings. The molecule has 0 aliphatic carbocycles. The molecule has 0 amide bonds. The molecular formula is C21H21F2N3O5. The Hall–Kier alpha value is -3.53. The number of ether oxygens (including phenoxy) is 3. The Labute approximate surface area is 176 Å². The van der Waals surface area contributed by atoms with Gasteiger partial charge in [-0.2, -0.15) is 8.78 Å². The molecule has 1 heterocycles. The van der Waals surface area contributed by atoms with Gasteiger partial charge in [0.1, 0.15) is 5.82 Å². The zero-order valence-electron chi connectivity index (χ0n) is 17.1. The molecule has 10 heteroatoms. The summed E-state index contributed by atoms with van der Waals surface area (Å²) in [7, 11) is 4.46. The Balaban J connectivity index is 1.79. The van der Waals surface area contributed by atoms with Crippen molar-refractivity contribution in [3.05, 3.63) is 63.7 Å². The molecule has 0 spiro atoms. The highest BCUT2D eigenvalue weighted by Gasteiger charge is 2.14. The van der Waals surface area contributed by atoms with Crippen molar-refractivity contribution in [3.63, 3.8) is 0 Å². The summed E-state index contributed by atoms with van der Waals surface area (Å²) in [6, 6.07) is 9.20. The minimum Gasteiger partial charge on any atom is -0.493 e. The molecular weight excluding hydrogens is 412 g/mol. The van der Waals surface area contributed by atoms with Crippen molar-refractivity contribution in [1.82, 2.24) is 14.9 Å². The number of aromatic nitrogens is 2. The largest absolute Gasteiger partial charge is 0.493 e. The van der Waals surface area contributed by atoms with Gasteiger partial charge in [-0.25, -0.2) is 9.78 Å². The van der Waals surface area contributed by atoms with Crippen LogP contribution in [-0.2, 0) is 17.8 Å². The molecule has 0 saturated carbocycles. The second-order valence-corrected chi connectivity index (χ2v) is 6.77. The Bertz CT molecular complexity index is 1150. The number of H-pyrrole nitrogens is 1. The van der Waals surface area contributed by atoms with E-state index in [0.29, 0.717) is 35.4 Å². The van der Waals surface area contributed by atoms with E-state index in [1.54, 1.807) is 12.1 Å². The fourth-order valence-corrected chi connectivity index (χ4v) is 3.13. The third kappa shape index (κ3) is 5.34. The van der Waals surface area contributed by atoms with E-state index in [2.05, 4.69) is 14.7 Å². The number of carbonyl (C=O) groups excluding carboxylic acids is 1. The molecule has 1 aromatic heterocycles. The van der Waals surface area contributed by atoms with Gasteiger partial charge in [-0.15, -0.1) is 0 Å². The van der Waals surface area contributed by atoms with Crippen molar-refractivity contribution >= 4 is 16.9 Å². The molecule has 0 aliphatic heterocycles. The molecule has 0 radical (unpaired) electrons. The second-order valence-electron chi connectivity index (χ2n) is 6.77. The summed E-state index contributed by atoms with van der Waals surface area (Å²) >= 11 is 0. The minimum absolute atomic E-state index is 0.0501. The van der Waals surface area contributed by atoms with Gasteiger partial charge in [0.15, 0.2) is 11.5 Å². The van der Waals surface area contributed by atoms with Crippen LogP contribution in [0.2, 0.25) is 0 Å². The molecule has 2 aromatic carbocycles. The maximum absolute atomic E-state index is 12.5. The SMILES string of the molecule is COC(=O)c1ccc2c(=O)[nH]c(CN(C)Cc3ccc(OC(F)F)c(OC)c3)nc2c1. The average molecular weight is 433 g/mol. The molecule has 0 unspecified atom stereocenters. The first-order valence-corrected chi connectivity index (χ1v) is 9.22. The summed E-state index contributed by atoms with van der Waals surface area (Å²) in [4.78, 5) is 33.2. The number of benzene rings is 2. The maximum atomic E-state index is 12.5. The van der Waals surface area contributed by atoms with Gasteiger partial charge >= 0.3 is 12.6 Å². The quantitative estimate of drug-likeness (QED) is 0.546. The number of nitrogens with zero attached hydrogens (tertiary/aromatic N) is 2. The number of esters is 1. The number of hydrogen-bond acceptors (Lipinski definition) is 7. The predicted molar refractivity (Wildman–Crippen MR) is 109 cm³/mol. The van der Waals surface area contributed by atoms with Crippen molar-refractivity contribution in [2.45, 2.75) is 19.7 Å². The van der Waals surface area contributed by atoms with Crippen LogP contribution in [0.3, 0.4) is 0 Å². The maximum Gasteiger partial charge on any atom is 0.387 e. The van der Waals surface area contributed by atoms with Crippen molar-refractivity contribution in [1.29, 1.82) is 0 Å². The van der Waals surface area contributed by atoms with Crippen LogP contribution in [0.1, 0.15) is 21.7 Å². The summed E-state index contributed by atoms with van der Waals surface area (Å²) in [5.74, 6) is 0.0344. The first-order chi connectivity index (χ1) is 14.8. The molecule has 164 valence electrons. The van der Waals surface area contributed by atoms with E-state index in [-0.39, 0.29) is 17.1 Å². The molecule has 8 nitrogen and oxygen atoms in total. The monoisotopic (exact) mass is 433 g/mol. The summed E-state index contributed by atoms with van der Waals surface area (Å²) in [6.07, 6.45) is 0. The van der Waals surface area contributed by atoms with Crippen molar-refractivity contribution in [2.75, 3.05) is 21.3 Å². The predicted octanol–water partition coefficient (Wildman–Crippen LogP) is 2.95. The van der Waals surface area contributed by atoms with Gasteiger partial charge in [0, 0.05) is 6.54 Å². The summed E-state index contributed by atoms with van der Waals surface area (Å²) < 4.78 is 39.2. The fourth-order valence-electron chi connectivity index (χ4n) is 3.13. The zero-order valence-corrected chi connectivity index (χ0v) is 17.1. The zero-order chi connectivity index (χ0) is 22.5. The molecule has 1 N–H and O–H groups in total. The average Bonchev–Trinajstić information content (AvgIpc) is 2.73. The lowest BCUT2D eigenvalue weighted by atomic mass is 10.1. The third-order valence-corrected chi connectivity index (χ3v) is 4.49. The van der Waals surface area contributed by atoms with Crippen LogP contribution in [0, 0.1) is 0 Å². The lowest BCUT2D eigenvalue weighted by molar-refractivity contribution is -0.0512. The number of nitrogens with one attached hydrogen (secondary N) is 1. The topological polar surface area (TPSA) is 93.8 Å². The highest BCUT2D eigenvalue weighted by molar-refractivity contribution is 5.93. The van der Waals surface area contributed by atoms with Crippen molar-refractivity contribution in [2.24, 2.45) is 0 Å². The third-order valence-electron chi connectivity index (χ3n) is 4.49. The lowest BCUT2D eigenvalue weighted by Crippen LogP contribution is -2.22. The Morgan fingerprint density at radius 2 is 1.90 bits per heavy atom. The van der Waals surface area contributed by atoms with E-state index < -0.39 is 12.6 Å². The molecule has 0 saturated heterocycles. The van der Waals surface area contributed by atoms with Gasteiger partial charge < -0.3 is 19.2 Å². The first kappa shape index (κ1) is 22.2. The number of halogens is 2. The van der Waals surface area contributed by atoms with E-state index >= 15 is 0 Å². The van der Waals surface area contributed by atoms with Crippen molar-refractivity contribution < 1.29 is 27.8 Å². The highest BCUT2D eigenvalue weighted by atomic mass is 19.3. The van der Waals surface area contributed by atoms with Gasteiger partial charge in [0.2, 0.25) is 0 Å². The van der Waals surface area contributed by atoms with E-state index in [9.17, 15) is 18.4 Å². The van der Waals surface area contributed by atoms with Gasteiger partial charge in [0.05, 0.1) is 37.2 Å². The van der Waals surface area contributed by atoms with Crippen molar-refractivity contribution in [3.8, 4) is 11.5 Å². The number of alkyl halides is 2. The van der Waals surface area contributed by atoms with Crippen LogP contribution in [0.5, 0.6) is 11.5 Å². The summed E-state index contributed by atoms with van der Waals surface area (Å²) in [5.41, 5.74) is 1.15. The highest BCUT2D eigenvalue weighted by Crippen LogP contribution is 2.29. The number of rotatable bonds is 8. The Morgan fingerprint density at radius 3 is 2.58 bits per heavy atom. The van der Waals surface area contributed by atoms with Crippen LogP contribution in [0.25, 0.3) is 10.9 Å². The van der Waals surface area contributed by atoms with Gasteiger partial charge in [-0.1, -0.05) is 6.07 Å². The molecule has 0 aliphatic rings. The molecule has 31 heavy (non-hydrogen) atoms. The van der Waals surface area contributed by atoms with Gasteiger partial charge in [-0.3, -0.25) is 9.69 Å². The molecule has 0 bridgehead atoms. The van der Waals surface area contributed by atoms with Gasteiger partial charge in [0.25, 0.3) is 5.56 Å². The van der Waals surface area contributed by atoms with E-state index in [1.165, 1.54) is 38.5 Å². The smallest absolute Gasteiger partial charge is 0.387 e. The van der Waals surface area contributed by atoms with Crippen LogP contribution in [-0.4, -0.2) is 48.7 Å². The number of aromatic amines is 1. The van der Waals surface area contributed by atoms with Crippen LogP contribution < -0.4 is 15.0 Å². The number of carbonyl (C=O) groups is 1. The molecule has 0 fully saturated rings. The van der Waals surface area contributed by atoms with E-state index in [1.807, 2.05) is 11.9 Å². The molecule has 3 rings (SSSR count). The number of hydrogen-bond donors (Lipinski definition) is 1. The van der Waals surface area contributed by atoms with Crippen LogP contribution in [0.4, 0.5) is 8.78 Å². The first-order valence-electron chi connectivity index (χ1n) is 9.22. The van der Waals surface area contributed by atoms with Crippen LogP contribution in [0.15, 0.2) is 41.2 Å². The van der Waals surface area contributed by atoms with Crippen LogP contribution >= 0.6 is 0 Å². The number of fused-ring (bicyclic) bond motifs is 1. The fraction of sp³-hybridized carbons (Fsp3) is 0.286. The Kier molecular flexibility index (Phi) is 6.81. The summed E-state index contributed by atoms with van der Waals surface area (Å²) in [6.45, 7) is -2.22. The van der Waals surface area contributed by atoms with E-state index in [0.717, 1.165) is 5.56 Å². The normalized spacial score (nSPS) is 11.2. The minimum atomic E-state index is -2.95. The summed E-state index contributed by atoms with van der Waals surface area (Å²) in [5, 5.41) is 0.360. The number of methoxy groups -OCH3 is 2.